The number of allylic oxidation sites excluding steroid dienone is 1. The zero-order valence-corrected chi connectivity index (χ0v) is 40.1. The third-order valence-corrected chi connectivity index (χ3v) is 13.8. The highest BCUT2D eigenvalue weighted by Crippen LogP contribution is 2.62. The second-order valence-electron chi connectivity index (χ2n) is 18.0. The van der Waals surface area contributed by atoms with Gasteiger partial charge in [-0.2, -0.15) is 0 Å². The van der Waals surface area contributed by atoms with Crippen LogP contribution in [0.15, 0.2) is 139 Å². The van der Waals surface area contributed by atoms with Crippen LogP contribution in [0.1, 0.15) is 77.9 Å². The van der Waals surface area contributed by atoms with Crippen LogP contribution in [-0.2, 0) is 32.2 Å². The monoisotopic (exact) mass is 952 g/mol. The minimum absolute atomic E-state index is 0.00137. The molecule has 8 rings (SSSR count). The summed E-state index contributed by atoms with van der Waals surface area (Å²) in [4.78, 5) is 34.6. The Kier molecular flexibility index (Phi) is 17.0. The SMILES string of the molecule is C=CCO[C@@]12Oc3ccc(Oc4ccc(OC)c(C=O)c4)cc3[C@H]3[C@H](CCCCO)[C@@H](CCCCO)C=C(C(=NOC)C[C@@H]1N(Cc1cccc4ccccc14)C(=O)OCCOCc1ccccc1)[C@H]32. The molecular formula is C57H64N2O11. The number of amides is 1. The molecule has 3 aliphatic rings. The Morgan fingerprint density at radius 3 is 2.41 bits per heavy atom. The molecule has 13 heteroatoms. The molecule has 2 aliphatic carbocycles. The van der Waals surface area contributed by atoms with Crippen LogP contribution >= 0.6 is 0 Å². The fourth-order valence-corrected chi connectivity index (χ4v) is 10.8. The smallest absolute Gasteiger partial charge is 0.410 e. The maximum Gasteiger partial charge on any atom is 0.410 e. The van der Waals surface area contributed by atoms with Gasteiger partial charge < -0.3 is 43.5 Å². The summed E-state index contributed by atoms with van der Waals surface area (Å²) in [7, 11) is 3.04. The number of unbranched alkanes of at least 4 members (excludes halogenated alkanes) is 2. The standard InChI is InChI=1S/C57H64N2O11/c1-4-29-68-57-53(59(36-42-20-14-19-40-17-8-9-21-46(40)42)56(63)67-31-30-66-38-39-15-6-5-7-16-39)35-50(58-65-3)48-33-41(18-10-12-27-60)47(22-11-13-28-61)54(55(48)57)49-34-45(24-26-52(49)70-57)69-44-23-25-51(64-2)43(32-44)37-62/h4-9,14-17,19-21,23-26,32-34,37,41,47,53-55,60-61H,1,10-13,18,22,27-31,35-36,38H2,2-3H3/t41-,47+,53-,54+,55+,57+/m0/s1. The zero-order valence-electron chi connectivity index (χ0n) is 40.1. The van der Waals surface area contributed by atoms with Gasteiger partial charge in [0.05, 0.1) is 50.7 Å². The third-order valence-electron chi connectivity index (χ3n) is 13.8. The average molecular weight is 953 g/mol. The fraction of sp³-hybridized carbons (Fsp3) is 0.386. The van der Waals surface area contributed by atoms with Crippen molar-refractivity contribution in [1.29, 1.82) is 0 Å². The van der Waals surface area contributed by atoms with E-state index in [0.29, 0.717) is 53.7 Å². The molecule has 1 amide bonds. The van der Waals surface area contributed by atoms with Gasteiger partial charge >= 0.3 is 6.09 Å². The van der Waals surface area contributed by atoms with E-state index in [1.165, 1.54) is 14.2 Å². The van der Waals surface area contributed by atoms with Gasteiger partial charge in [-0.05, 0) is 101 Å². The number of fused-ring (bicyclic) bond motifs is 3. The van der Waals surface area contributed by atoms with Gasteiger partial charge in [0.1, 0.15) is 42.8 Å². The van der Waals surface area contributed by atoms with Crippen molar-refractivity contribution in [2.24, 2.45) is 22.9 Å². The summed E-state index contributed by atoms with van der Waals surface area (Å²) in [5, 5.41) is 26.8. The Bertz CT molecular complexity index is 2630. The number of carbonyl (C=O) groups is 2. The van der Waals surface area contributed by atoms with Crippen molar-refractivity contribution in [1.82, 2.24) is 4.90 Å². The van der Waals surface area contributed by atoms with E-state index in [0.717, 1.165) is 65.0 Å². The minimum atomic E-state index is -1.53. The molecule has 368 valence electrons. The number of benzene rings is 5. The molecule has 1 aliphatic heterocycles. The third kappa shape index (κ3) is 10.9. The number of ether oxygens (including phenoxy) is 6. The summed E-state index contributed by atoms with van der Waals surface area (Å²) in [6.07, 6.45) is 8.70. The number of carbonyl (C=O) groups excluding carboxylic acids is 2. The highest BCUT2D eigenvalue weighted by Gasteiger charge is 2.65. The van der Waals surface area contributed by atoms with Crippen LogP contribution < -0.4 is 14.2 Å². The van der Waals surface area contributed by atoms with Crippen molar-refractivity contribution in [3.63, 3.8) is 0 Å². The van der Waals surface area contributed by atoms with E-state index in [1.54, 1.807) is 29.2 Å². The van der Waals surface area contributed by atoms with E-state index in [9.17, 15) is 15.0 Å². The summed E-state index contributed by atoms with van der Waals surface area (Å²) in [6.45, 7) is 4.99. The average Bonchev–Trinajstić information content (AvgIpc) is 3.39. The molecule has 0 radical (unpaired) electrons. The Morgan fingerprint density at radius 1 is 0.886 bits per heavy atom. The van der Waals surface area contributed by atoms with E-state index < -0.39 is 23.8 Å². The minimum Gasteiger partial charge on any atom is -0.496 e. The van der Waals surface area contributed by atoms with Gasteiger partial charge in [-0.3, -0.25) is 9.69 Å². The maximum atomic E-state index is 15.1. The Balaban J connectivity index is 1.28. The van der Waals surface area contributed by atoms with Crippen molar-refractivity contribution >= 4 is 28.9 Å². The van der Waals surface area contributed by atoms with E-state index in [4.69, 9.17) is 38.4 Å². The highest BCUT2D eigenvalue weighted by atomic mass is 16.7. The number of aliphatic hydroxyl groups excluding tert-OH is 2. The molecule has 1 heterocycles. The molecule has 1 saturated carbocycles. The molecule has 2 N–H and O–H groups in total. The van der Waals surface area contributed by atoms with Crippen LogP contribution in [0.2, 0.25) is 0 Å². The number of hydrogen-bond donors (Lipinski definition) is 2. The van der Waals surface area contributed by atoms with E-state index in [-0.39, 0.29) is 63.8 Å². The number of aliphatic hydroxyl groups is 2. The van der Waals surface area contributed by atoms with E-state index in [2.05, 4.69) is 30.9 Å². The quantitative estimate of drug-likeness (QED) is 0.0263. The van der Waals surface area contributed by atoms with Gasteiger partial charge in [0.15, 0.2) is 6.29 Å². The van der Waals surface area contributed by atoms with Crippen molar-refractivity contribution in [3.8, 4) is 23.0 Å². The van der Waals surface area contributed by atoms with Gasteiger partial charge in [0.25, 0.3) is 0 Å². The molecule has 0 unspecified atom stereocenters. The van der Waals surface area contributed by atoms with E-state index >= 15 is 4.79 Å². The number of methoxy groups -OCH3 is 1. The molecule has 70 heavy (non-hydrogen) atoms. The van der Waals surface area contributed by atoms with Gasteiger partial charge in [-0.1, -0.05) is 103 Å². The second-order valence-corrected chi connectivity index (χ2v) is 18.0. The summed E-state index contributed by atoms with van der Waals surface area (Å²) >= 11 is 0. The van der Waals surface area contributed by atoms with Crippen LogP contribution in [0.4, 0.5) is 4.79 Å². The Hall–Kier alpha value is -6.51. The molecular weight excluding hydrogens is 889 g/mol. The number of aldehydes is 1. The lowest BCUT2D eigenvalue weighted by Gasteiger charge is -2.59. The highest BCUT2D eigenvalue weighted by molar-refractivity contribution is 6.03. The van der Waals surface area contributed by atoms with Crippen LogP contribution in [0.5, 0.6) is 23.0 Å². The zero-order chi connectivity index (χ0) is 48.9. The molecule has 0 aromatic heterocycles. The van der Waals surface area contributed by atoms with E-state index in [1.807, 2.05) is 72.8 Å². The molecule has 5 aromatic rings. The molecule has 6 atom stereocenters. The lowest BCUT2D eigenvalue weighted by Crippen LogP contribution is -2.70. The van der Waals surface area contributed by atoms with Crippen molar-refractivity contribution < 1.29 is 53.1 Å². The fourth-order valence-electron chi connectivity index (χ4n) is 10.8. The summed E-state index contributed by atoms with van der Waals surface area (Å²) in [6, 6.07) is 34.0. The Morgan fingerprint density at radius 2 is 1.64 bits per heavy atom. The predicted octanol–water partition coefficient (Wildman–Crippen LogP) is 10.6. The van der Waals surface area contributed by atoms with Gasteiger partial charge in [0.2, 0.25) is 5.79 Å². The second kappa shape index (κ2) is 23.9. The molecule has 1 fully saturated rings. The first-order valence-electron chi connectivity index (χ1n) is 24.3. The predicted molar refractivity (Wildman–Crippen MR) is 267 cm³/mol. The van der Waals surface area contributed by atoms with Crippen LogP contribution in [0.25, 0.3) is 10.8 Å². The first kappa shape index (κ1) is 49.9. The number of hydrogen-bond acceptors (Lipinski definition) is 12. The molecule has 0 spiro atoms. The van der Waals surface area contributed by atoms with Crippen LogP contribution in [0, 0.1) is 17.8 Å². The Labute approximate surface area is 410 Å². The summed E-state index contributed by atoms with van der Waals surface area (Å²) < 4.78 is 38.7. The number of rotatable bonds is 24. The van der Waals surface area contributed by atoms with Crippen LogP contribution in [0.3, 0.4) is 0 Å². The van der Waals surface area contributed by atoms with Gasteiger partial charge in [0, 0.05) is 31.1 Å². The normalized spacial score (nSPS) is 21.7. The molecule has 0 saturated heterocycles. The lowest BCUT2D eigenvalue weighted by molar-refractivity contribution is -0.256. The molecule has 5 aromatic carbocycles. The maximum absolute atomic E-state index is 15.1. The van der Waals surface area contributed by atoms with Gasteiger partial charge in [-0.15, -0.1) is 6.58 Å². The number of nitrogens with zero attached hydrogens (tertiary/aromatic N) is 2. The molecule has 13 nitrogen and oxygen atoms in total. The van der Waals surface area contributed by atoms with Crippen molar-refractivity contribution in [2.75, 3.05) is 47.3 Å². The lowest BCUT2D eigenvalue weighted by atomic mass is 9.55. The number of oxime groups is 1. The summed E-state index contributed by atoms with van der Waals surface area (Å²) in [5.41, 5.74) is 4.70. The molecule has 0 bridgehead atoms. The first-order valence-corrected chi connectivity index (χ1v) is 24.3. The van der Waals surface area contributed by atoms with Crippen LogP contribution in [-0.4, -0.2) is 92.3 Å². The van der Waals surface area contributed by atoms with Crippen molar-refractivity contribution in [3.05, 3.63) is 156 Å². The largest absolute Gasteiger partial charge is 0.496 e. The van der Waals surface area contributed by atoms with Gasteiger partial charge in [-0.25, -0.2) is 4.79 Å². The summed E-state index contributed by atoms with van der Waals surface area (Å²) in [5.74, 6) is -0.403. The van der Waals surface area contributed by atoms with Crippen molar-refractivity contribution in [2.45, 2.75) is 75.8 Å². The topological polar surface area (TPSA) is 155 Å². The first-order chi connectivity index (χ1) is 34.4.